The zero-order valence-corrected chi connectivity index (χ0v) is 10.00. The molecule has 0 heterocycles. The molecule has 0 saturated heterocycles. The number of methoxy groups -OCH3 is 2. The molecule has 0 radical (unpaired) electrons. The summed E-state index contributed by atoms with van der Waals surface area (Å²) in [5.41, 5.74) is 0.170. The van der Waals surface area contributed by atoms with E-state index in [0.29, 0.717) is 0 Å². The summed E-state index contributed by atoms with van der Waals surface area (Å²) in [6.45, 7) is 0. The van der Waals surface area contributed by atoms with Crippen molar-refractivity contribution in [2.24, 2.45) is 0 Å². The van der Waals surface area contributed by atoms with E-state index in [2.05, 4.69) is 4.74 Å². The molecular weight excluding hydrogens is 232 g/mol. The van der Waals surface area contributed by atoms with Crippen LogP contribution in [-0.2, 0) is 14.6 Å². The minimum Gasteiger partial charge on any atom is -0.495 e. The molecule has 0 aliphatic rings. The van der Waals surface area contributed by atoms with E-state index >= 15 is 0 Å². The van der Waals surface area contributed by atoms with E-state index in [1.807, 2.05) is 0 Å². The Bertz CT molecular complexity index is 504. The van der Waals surface area contributed by atoms with Gasteiger partial charge in [0, 0.05) is 6.26 Å². The van der Waals surface area contributed by atoms with Crippen LogP contribution in [0.2, 0.25) is 0 Å². The van der Waals surface area contributed by atoms with Crippen LogP contribution in [0.1, 0.15) is 10.4 Å². The molecule has 6 heteroatoms. The van der Waals surface area contributed by atoms with Crippen molar-refractivity contribution in [1.82, 2.24) is 0 Å². The summed E-state index contributed by atoms with van der Waals surface area (Å²) in [5, 5.41) is 0. The molecular formula is C10H12O5S. The number of carbonyl (C=O) groups excluding carboxylic acids is 1. The van der Waals surface area contributed by atoms with Crippen LogP contribution in [0.4, 0.5) is 0 Å². The molecule has 0 amide bonds. The van der Waals surface area contributed by atoms with Crippen molar-refractivity contribution in [3.8, 4) is 5.75 Å². The summed E-state index contributed by atoms with van der Waals surface area (Å²) < 4.78 is 32.3. The minimum absolute atomic E-state index is 0.0297. The van der Waals surface area contributed by atoms with Crippen LogP contribution in [0.15, 0.2) is 23.1 Å². The lowest BCUT2D eigenvalue weighted by Gasteiger charge is -2.08. The van der Waals surface area contributed by atoms with Gasteiger partial charge >= 0.3 is 5.97 Å². The Morgan fingerprint density at radius 3 is 2.31 bits per heavy atom. The molecule has 1 aromatic carbocycles. The highest BCUT2D eigenvalue weighted by atomic mass is 32.2. The maximum Gasteiger partial charge on any atom is 0.337 e. The van der Waals surface area contributed by atoms with Crippen LogP contribution in [0, 0.1) is 0 Å². The molecule has 0 atom stereocenters. The van der Waals surface area contributed by atoms with E-state index in [1.165, 1.54) is 32.4 Å². The molecule has 5 nitrogen and oxygen atoms in total. The van der Waals surface area contributed by atoms with Crippen LogP contribution in [0.3, 0.4) is 0 Å². The smallest absolute Gasteiger partial charge is 0.337 e. The Kier molecular flexibility index (Phi) is 3.54. The first-order chi connectivity index (χ1) is 7.40. The van der Waals surface area contributed by atoms with E-state index in [9.17, 15) is 13.2 Å². The molecule has 0 aliphatic carbocycles. The normalized spacial score (nSPS) is 10.9. The number of carbonyl (C=O) groups is 1. The standard InChI is InChI=1S/C10H12O5S/c1-14-8-5-4-7(10(11)15-2)6-9(8)16(3,12)13/h4-6H,1-3H3. The Labute approximate surface area is 93.9 Å². The summed E-state index contributed by atoms with van der Waals surface area (Å²) >= 11 is 0. The number of esters is 1. The van der Waals surface area contributed by atoms with Crippen molar-refractivity contribution in [3.63, 3.8) is 0 Å². The number of benzene rings is 1. The maximum atomic E-state index is 11.4. The number of rotatable bonds is 3. The summed E-state index contributed by atoms with van der Waals surface area (Å²) in [6.07, 6.45) is 1.05. The minimum atomic E-state index is -3.44. The summed E-state index contributed by atoms with van der Waals surface area (Å²) in [5.74, 6) is -0.386. The fraction of sp³-hybridized carbons (Fsp3) is 0.300. The van der Waals surface area contributed by atoms with Crippen molar-refractivity contribution >= 4 is 15.8 Å². The van der Waals surface area contributed by atoms with Crippen LogP contribution in [-0.4, -0.2) is 34.9 Å². The third-order valence-electron chi connectivity index (χ3n) is 1.98. The number of hydrogen-bond donors (Lipinski definition) is 0. The molecule has 1 rings (SSSR count). The number of hydrogen-bond acceptors (Lipinski definition) is 5. The lowest BCUT2D eigenvalue weighted by molar-refractivity contribution is 0.0600. The van der Waals surface area contributed by atoms with Gasteiger partial charge in [-0.1, -0.05) is 0 Å². The van der Waals surface area contributed by atoms with Gasteiger partial charge in [0.25, 0.3) is 0 Å². The zero-order chi connectivity index (χ0) is 12.3. The van der Waals surface area contributed by atoms with Gasteiger partial charge in [-0.15, -0.1) is 0 Å². The van der Waals surface area contributed by atoms with Gasteiger partial charge in [0.05, 0.1) is 19.8 Å². The summed E-state index contributed by atoms with van der Waals surface area (Å²) in [6, 6.07) is 4.10. The molecule has 0 aliphatic heterocycles. The second kappa shape index (κ2) is 4.52. The highest BCUT2D eigenvalue weighted by Gasteiger charge is 2.17. The average molecular weight is 244 g/mol. The predicted octanol–water partition coefficient (Wildman–Crippen LogP) is 0.885. The van der Waals surface area contributed by atoms with Gasteiger partial charge in [-0.3, -0.25) is 0 Å². The van der Waals surface area contributed by atoms with E-state index in [1.54, 1.807) is 0 Å². The van der Waals surface area contributed by atoms with Gasteiger partial charge in [-0.05, 0) is 18.2 Å². The fourth-order valence-corrected chi connectivity index (χ4v) is 2.07. The molecule has 0 N–H and O–H groups in total. The van der Waals surface area contributed by atoms with E-state index in [4.69, 9.17) is 4.74 Å². The highest BCUT2D eigenvalue weighted by molar-refractivity contribution is 7.90. The molecule has 1 aromatic rings. The first kappa shape index (κ1) is 12.5. The van der Waals surface area contributed by atoms with E-state index < -0.39 is 15.8 Å². The first-order valence-electron chi connectivity index (χ1n) is 4.36. The van der Waals surface area contributed by atoms with Crippen LogP contribution in [0.5, 0.6) is 5.75 Å². The van der Waals surface area contributed by atoms with Crippen LogP contribution >= 0.6 is 0 Å². The fourth-order valence-electron chi connectivity index (χ4n) is 1.21. The van der Waals surface area contributed by atoms with Gasteiger partial charge in [-0.2, -0.15) is 0 Å². The van der Waals surface area contributed by atoms with Crippen molar-refractivity contribution in [2.75, 3.05) is 20.5 Å². The van der Waals surface area contributed by atoms with Gasteiger partial charge in [-0.25, -0.2) is 13.2 Å². The lowest BCUT2D eigenvalue weighted by atomic mass is 10.2. The second-order valence-corrected chi connectivity index (χ2v) is 5.11. The molecule has 0 fully saturated rings. The van der Waals surface area contributed by atoms with Crippen molar-refractivity contribution in [2.45, 2.75) is 4.90 Å². The van der Waals surface area contributed by atoms with E-state index in [0.717, 1.165) is 6.26 Å². The van der Waals surface area contributed by atoms with E-state index in [-0.39, 0.29) is 16.2 Å². The van der Waals surface area contributed by atoms with Crippen LogP contribution < -0.4 is 4.74 Å². The number of ether oxygens (including phenoxy) is 2. The Morgan fingerprint density at radius 2 is 1.88 bits per heavy atom. The zero-order valence-electron chi connectivity index (χ0n) is 9.18. The van der Waals surface area contributed by atoms with Crippen molar-refractivity contribution in [1.29, 1.82) is 0 Å². The maximum absolute atomic E-state index is 11.4. The summed E-state index contributed by atoms with van der Waals surface area (Å²) in [4.78, 5) is 11.2. The monoisotopic (exact) mass is 244 g/mol. The summed E-state index contributed by atoms with van der Waals surface area (Å²) in [7, 11) is -0.851. The lowest BCUT2D eigenvalue weighted by Crippen LogP contribution is -2.06. The Balaban J connectivity index is 3.39. The number of sulfone groups is 1. The Hall–Kier alpha value is -1.56. The highest BCUT2D eigenvalue weighted by Crippen LogP contribution is 2.24. The Morgan fingerprint density at radius 1 is 1.25 bits per heavy atom. The molecule has 16 heavy (non-hydrogen) atoms. The largest absolute Gasteiger partial charge is 0.495 e. The van der Waals surface area contributed by atoms with Crippen molar-refractivity contribution < 1.29 is 22.7 Å². The van der Waals surface area contributed by atoms with Crippen LogP contribution in [0.25, 0.3) is 0 Å². The molecule has 0 unspecified atom stereocenters. The second-order valence-electron chi connectivity index (χ2n) is 3.13. The predicted molar refractivity (Wildman–Crippen MR) is 57.4 cm³/mol. The van der Waals surface area contributed by atoms with Gasteiger partial charge in [0.15, 0.2) is 9.84 Å². The third-order valence-corrected chi connectivity index (χ3v) is 3.10. The topological polar surface area (TPSA) is 69.7 Å². The molecule has 88 valence electrons. The van der Waals surface area contributed by atoms with Gasteiger partial charge in [0.1, 0.15) is 10.6 Å². The average Bonchev–Trinajstić information content (AvgIpc) is 2.26. The SMILES string of the molecule is COC(=O)c1ccc(OC)c(S(C)(=O)=O)c1. The van der Waals surface area contributed by atoms with Gasteiger partial charge in [0.2, 0.25) is 0 Å². The van der Waals surface area contributed by atoms with Gasteiger partial charge < -0.3 is 9.47 Å². The molecule has 0 spiro atoms. The first-order valence-corrected chi connectivity index (χ1v) is 6.25. The third kappa shape index (κ3) is 2.52. The van der Waals surface area contributed by atoms with Crippen molar-refractivity contribution in [3.05, 3.63) is 23.8 Å². The quantitative estimate of drug-likeness (QED) is 0.738. The molecule has 0 bridgehead atoms. The molecule has 0 aromatic heterocycles. The molecule has 0 saturated carbocycles.